The van der Waals surface area contributed by atoms with Crippen molar-refractivity contribution in [2.24, 2.45) is 0 Å². The molecule has 4 rings (SSSR count). The zero-order chi connectivity index (χ0) is 24.3. The maximum atomic E-state index is 13.4. The van der Waals surface area contributed by atoms with Crippen LogP contribution in [0, 0.1) is 0 Å². The van der Waals surface area contributed by atoms with E-state index in [-0.39, 0.29) is 25.1 Å². The predicted molar refractivity (Wildman–Crippen MR) is 128 cm³/mol. The van der Waals surface area contributed by atoms with Crippen LogP contribution < -0.4 is 14.2 Å². The minimum absolute atomic E-state index is 0.0276. The van der Waals surface area contributed by atoms with Gasteiger partial charge in [-0.1, -0.05) is 48.1 Å². The van der Waals surface area contributed by atoms with E-state index in [2.05, 4.69) is 0 Å². The van der Waals surface area contributed by atoms with E-state index >= 15 is 0 Å². The van der Waals surface area contributed by atoms with Gasteiger partial charge in [0.05, 0.1) is 38.9 Å². The number of benzene rings is 2. The van der Waals surface area contributed by atoms with Crippen LogP contribution in [0.2, 0.25) is 0 Å². The molecule has 0 amide bonds. The van der Waals surface area contributed by atoms with Crippen LogP contribution in [-0.4, -0.2) is 57.4 Å². The Hall–Kier alpha value is -3.58. The van der Waals surface area contributed by atoms with Gasteiger partial charge in [0.15, 0.2) is 23.8 Å². The van der Waals surface area contributed by atoms with E-state index in [1.807, 2.05) is 56.5 Å². The molecule has 0 saturated heterocycles. The number of ether oxygens (including phenoxy) is 4. The van der Waals surface area contributed by atoms with E-state index in [1.165, 1.54) is 7.11 Å². The third-order valence-electron chi connectivity index (χ3n) is 6.31. The summed E-state index contributed by atoms with van der Waals surface area (Å²) in [6.45, 7) is 3.42. The lowest BCUT2D eigenvalue weighted by atomic mass is 9.88. The van der Waals surface area contributed by atoms with Gasteiger partial charge in [-0.15, -0.1) is 0 Å². The molecule has 2 aliphatic rings. The summed E-state index contributed by atoms with van der Waals surface area (Å²) in [5.74, 6) is 1.02. The van der Waals surface area contributed by atoms with Crippen molar-refractivity contribution < 1.29 is 33.0 Å². The molecule has 1 unspecified atom stereocenters. The zero-order valence-corrected chi connectivity index (χ0v) is 20.1. The Kier molecular flexibility index (Phi) is 6.75. The van der Waals surface area contributed by atoms with Crippen molar-refractivity contribution >= 4 is 17.8 Å². The molecule has 0 spiro atoms. The number of nitrogens with zero attached hydrogens (tertiary/aromatic N) is 1. The average Bonchev–Trinajstić information content (AvgIpc) is 3.30. The number of hydrogen-bond donors (Lipinski definition) is 0. The number of carbonyl (C=O) groups is 2. The second kappa shape index (κ2) is 9.73. The Bertz CT molecular complexity index is 1170. The summed E-state index contributed by atoms with van der Waals surface area (Å²) in [5, 5.41) is 0. The summed E-state index contributed by atoms with van der Waals surface area (Å²) in [6.07, 6.45) is 6.01. The summed E-state index contributed by atoms with van der Waals surface area (Å²) in [7, 11) is 4.97. The third kappa shape index (κ3) is 4.70. The fourth-order valence-corrected chi connectivity index (χ4v) is 4.62. The van der Waals surface area contributed by atoms with E-state index in [9.17, 15) is 9.59 Å². The van der Waals surface area contributed by atoms with Crippen molar-refractivity contribution in [3.63, 3.8) is 0 Å². The molecule has 2 aliphatic heterocycles. The van der Waals surface area contributed by atoms with Crippen LogP contribution in [-0.2, 0) is 22.5 Å². The van der Waals surface area contributed by atoms with Gasteiger partial charge < -0.3 is 23.4 Å². The number of ketones is 1. The van der Waals surface area contributed by atoms with Crippen molar-refractivity contribution in [2.75, 3.05) is 41.1 Å². The molecule has 2 aromatic rings. The fourth-order valence-electron chi connectivity index (χ4n) is 4.62. The Morgan fingerprint density at radius 2 is 1.79 bits per heavy atom. The quantitative estimate of drug-likeness (QED) is 0.203. The van der Waals surface area contributed by atoms with Crippen molar-refractivity contribution in [1.82, 2.24) is 0 Å². The number of likely N-dealkylation sites (N-methyl/N-ethyl adjacent to an activating group) is 1. The van der Waals surface area contributed by atoms with Crippen LogP contribution in [0.4, 0.5) is 0 Å². The molecule has 2 aromatic carbocycles. The number of fused-ring (bicyclic) bond motifs is 2. The van der Waals surface area contributed by atoms with Crippen molar-refractivity contribution in [2.45, 2.75) is 19.9 Å². The van der Waals surface area contributed by atoms with Crippen LogP contribution in [0.3, 0.4) is 0 Å². The van der Waals surface area contributed by atoms with Crippen LogP contribution in [0.15, 0.2) is 48.1 Å². The van der Waals surface area contributed by atoms with Crippen molar-refractivity contribution in [3.8, 4) is 17.2 Å². The SMILES string of the molecule is COC(=O)C[N+]1(C)CCc2c(c(OC)c3c(c2C(=O)C=CC(C)=Cc2ccccc2)OCO3)C1. The number of esters is 1. The molecule has 34 heavy (non-hydrogen) atoms. The highest BCUT2D eigenvalue weighted by Crippen LogP contribution is 2.50. The molecule has 0 aromatic heterocycles. The van der Waals surface area contributed by atoms with E-state index in [1.54, 1.807) is 13.2 Å². The Labute approximate surface area is 199 Å². The molecule has 0 fully saturated rings. The van der Waals surface area contributed by atoms with Crippen molar-refractivity contribution in [1.29, 1.82) is 0 Å². The summed E-state index contributed by atoms with van der Waals surface area (Å²) in [4.78, 5) is 25.5. The van der Waals surface area contributed by atoms with Gasteiger partial charge in [0.2, 0.25) is 12.5 Å². The molecule has 178 valence electrons. The minimum atomic E-state index is -0.273. The normalized spacial score (nSPS) is 19.1. The largest absolute Gasteiger partial charge is 0.492 e. The van der Waals surface area contributed by atoms with Gasteiger partial charge in [0.25, 0.3) is 0 Å². The third-order valence-corrected chi connectivity index (χ3v) is 6.31. The first kappa shape index (κ1) is 23.6. The monoisotopic (exact) mass is 464 g/mol. The number of quaternary nitrogens is 1. The second-order valence-corrected chi connectivity index (χ2v) is 8.91. The Morgan fingerprint density at radius 3 is 2.50 bits per heavy atom. The van der Waals surface area contributed by atoms with E-state index < -0.39 is 0 Å². The molecular weight excluding hydrogens is 434 g/mol. The number of rotatable bonds is 7. The highest BCUT2D eigenvalue weighted by Gasteiger charge is 2.40. The second-order valence-electron chi connectivity index (χ2n) is 8.91. The van der Waals surface area contributed by atoms with E-state index in [4.69, 9.17) is 18.9 Å². The lowest BCUT2D eigenvalue weighted by Gasteiger charge is -2.38. The van der Waals surface area contributed by atoms with E-state index in [0.717, 1.165) is 22.3 Å². The summed E-state index contributed by atoms with van der Waals surface area (Å²) >= 11 is 0. The van der Waals surface area contributed by atoms with Crippen molar-refractivity contribution in [3.05, 3.63) is 70.3 Å². The molecule has 0 saturated carbocycles. The van der Waals surface area contributed by atoms with Gasteiger partial charge >= 0.3 is 5.97 Å². The first-order valence-corrected chi connectivity index (χ1v) is 11.2. The standard InChI is InChI=1S/C27H30NO6/c1-18(14-19-8-6-5-7-9-19)10-11-22(29)24-20-12-13-28(2,16-23(30)31-3)15-21(20)25(32-4)27-26(24)33-17-34-27/h5-11,14H,12-13,15-17H2,1-4H3/q+1. The summed E-state index contributed by atoms with van der Waals surface area (Å²) in [5.41, 5.74) is 4.30. The molecule has 2 heterocycles. The Morgan fingerprint density at radius 1 is 1.06 bits per heavy atom. The zero-order valence-electron chi connectivity index (χ0n) is 20.1. The molecular formula is C27H30NO6+. The van der Waals surface area contributed by atoms with Gasteiger partial charge in [0.1, 0.15) is 6.54 Å². The minimum Gasteiger partial charge on any atom is -0.492 e. The van der Waals surface area contributed by atoms with Crippen LogP contribution in [0.1, 0.15) is 34.0 Å². The van der Waals surface area contributed by atoms with Gasteiger partial charge in [-0.3, -0.25) is 4.79 Å². The summed E-state index contributed by atoms with van der Waals surface area (Å²) in [6, 6.07) is 9.95. The molecule has 0 aliphatic carbocycles. The average molecular weight is 465 g/mol. The first-order valence-electron chi connectivity index (χ1n) is 11.2. The first-order chi connectivity index (χ1) is 16.3. The molecule has 7 nitrogen and oxygen atoms in total. The van der Waals surface area contributed by atoms with Crippen LogP contribution in [0.5, 0.6) is 17.2 Å². The number of methoxy groups -OCH3 is 2. The number of carbonyl (C=O) groups excluding carboxylic acids is 2. The van der Waals surface area contributed by atoms with Gasteiger partial charge in [-0.05, 0) is 24.1 Å². The van der Waals surface area contributed by atoms with Gasteiger partial charge in [-0.25, -0.2) is 4.79 Å². The maximum absolute atomic E-state index is 13.4. The predicted octanol–water partition coefficient (Wildman–Crippen LogP) is 3.94. The maximum Gasteiger partial charge on any atom is 0.361 e. The smallest absolute Gasteiger partial charge is 0.361 e. The van der Waals surface area contributed by atoms with Crippen LogP contribution in [0.25, 0.3) is 6.08 Å². The lowest BCUT2D eigenvalue weighted by molar-refractivity contribution is -0.917. The summed E-state index contributed by atoms with van der Waals surface area (Å²) < 4.78 is 22.5. The topological polar surface area (TPSA) is 71.1 Å². The highest BCUT2D eigenvalue weighted by atomic mass is 16.7. The van der Waals surface area contributed by atoms with Gasteiger partial charge in [-0.2, -0.15) is 0 Å². The van der Waals surface area contributed by atoms with E-state index in [0.29, 0.717) is 46.8 Å². The fraction of sp³-hybridized carbons (Fsp3) is 0.333. The van der Waals surface area contributed by atoms with Crippen LogP contribution >= 0.6 is 0 Å². The van der Waals surface area contributed by atoms with Gasteiger partial charge in [0, 0.05) is 6.42 Å². The number of hydrogen-bond acceptors (Lipinski definition) is 6. The molecule has 7 heteroatoms. The molecule has 0 N–H and O–H groups in total. The molecule has 1 atom stereocenters. The number of allylic oxidation sites excluding steroid dienone is 3. The highest BCUT2D eigenvalue weighted by molar-refractivity contribution is 6.09. The molecule has 0 bridgehead atoms. The lowest BCUT2D eigenvalue weighted by Crippen LogP contribution is -2.51. The molecule has 0 radical (unpaired) electrons. The Balaban J connectivity index is 1.71.